The molecule has 1 N–H and O–H groups in total. The fourth-order valence-corrected chi connectivity index (χ4v) is 6.98. The second-order valence-electron chi connectivity index (χ2n) is 9.07. The molecule has 0 radical (unpaired) electrons. The highest BCUT2D eigenvalue weighted by Gasteiger charge is 2.45. The Hall–Kier alpha value is -0.660. The number of nitrogens with zero attached hydrogens (tertiary/aromatic N) is 2. The molecule has 0 unspecified atom stereocenters. The van der Waals surface area contributed by atoms with Gasteiger partial charge in [0.15, 0.2) is 0 Å². The van der Waals surface area contributed by atoms with Gasteiger partial charge in [0.25, 0.3) is 0 Å². The summed E-state index contributed by atoms with van der Waals surface area (Å²) >= 11 is 5.98. The van der Waals surface area contributed by atoms with Crippen molar-refractivity contribution in [1.82, 2.24) is 9.21 Å². The van der Waals surface area contributed by atoms with E-state index in [0.29, 0.717) is 18.1 Å². The normalized spacial score (nSPS) is 25.9. The van der Waals surface area contributed by atoms with E-state index in [1.54, 1.807) is 22.5 Å². The van der Waals surface area contributed by atoms with Crippen molar-refractivity contribution >= 4 is 21.6 Å². The van der Waals surface area contributed by atoms with Crippen molar-refractivity contribution in [2.75, 3.05) is 32.7 Å². The Balaban J connectivity index is 1.35. The molecule has 2 aliphatic heterocycles. The van der Waals surface area contributed by atoms with Crippen LogP contribution < -0.4 is 0 Å². The van der Waals surface area contributed by atoms with Crippen LogP contribution in [0.15, 0.2) is 29.2 Å². The number of benzene rings is 1. The predicted molar refractivity (Wildman–Crippen MR) is 111 cm³/mol. The number of sulfonamides is 1. The minimum atomic E-state index is -3.49. The van der Waals surface area contributed by atoms with Gasteiger partial charge in [0.2, 0.25) is 10.0 Å². The maximum absolute atomic E-state index is 12.9. The van der Waals surface area contributed by atoms with Crippen LogP contribution in [0.25, 0.3) is 0 Å². The molecular weight excluding hydrogens is 396 g/mol. The Labute approximate surface area is 173 Å². The second kappa shape index (κ2) is 7.88. The molecule has 0 atom stereocenters. The average Bonchev–Trinajstić information content (AvgIpc) is 3.18. The van der Waals surface area contributed by atoms with Gasteiger partial charge in [-0.1, -0.05) is 17.7 Å². The highest BCUT2D eigenvalue weighted by Crippen LogP contribution is 2.48. The lowest BCUT2D eigenvalue weighted by atomic mass is 9.64. The van der Waals surface area contributed by atoms with E-state index in [-0.39, 0.29) is 10.3 Å². The van der Waals surface area contributed by atoms with Gasteiger partial charge in [-0.2, -0.15) is 4.31 Å². The first-order valence-electron chi connectivity index (χ1n) is 10.5. The van der Waals surface area contributed by atoms with Crippen molar-refractivity contribution in [3.05, 3.63) is 29.3 Å². The Morgan fingerprint density at radius 3 is 2.21 bits per heavy atom. The summed E-state index contributed by atoms with van der Waals surface area (Å²) in [6.07, 6.45) is 7.94. The topological polar surface area (TPSA) is 60.9 Å². The largest absolute Gasteiger partial charge is 0.389 e. The van der Waals surface area contributed by atoms with Gasteiger partial charge >= 0.3 is 0 Å². The van der Waals surface area contributed by atoms with Crippen LogP contribution in [0.1, 0.15) is 51.4 Å². The fraction of sp³-hybridized carbons (Fsp3) is 0.714. The lowest BCUT2D eigenvalue weighted by Crippen LogP contribution is -2.50. The monoisotopic (exact) mass is 426 g/mol. The summed E-state index contributed by atoms with van der Waals surface area (Å²) < 4.78 is 27.5. The quantitative estimate of drug-likeness (QED) is 0.800. The summed E-state index contributed by atoms with van der Waals surface area (Å²) in [4.78, 5) is 2.68. The zero-order chi connectivity index (χ0) is 19.8. The summed E-state index contributed by atoms with van der Waals surface area (Å²) in [7, 11) is -3.49. The van der Waals surface area contributed by atoms with Gasteiger partial charge in [0.05, 0.1) is 10.5 Å². The zero-order valence-corrected chi connectivity index (χ0v) is 18.0. The molecular formula is C21H31ClN2O3S. The van der Waals surface area contributed by atoms with Gasteiger partial charge < -0.3 is 10.0 Å². The molecule has 2 saturated heterocycles. The minimum absolute atomic E-state index is 0.192. The van der Waals surface area contributed by atoms with Crippen LogP contribution in [0.4, 0.5) is 0 Å². The number of hydrogen-bond donors (Lipinski definition) is 1. The van der Waals surface area contributed by atoms with Gasteiger partial charge in [-0.15, -0.1) is 0 Å². The molecule has 1 saturated carbocycles. The van der Waals surface area contributed by atoms with Crippen molar-refractivity contribution in [2.24, 2.45) is 5.41 Å². The van der Waals surface area contributed by atoms with E-state index in [9.17, 15) is 13.5 Å². The number of aliphatic hydroxyl groups is 1. The molecule has 4 rings (SSSR count). The third-order valence-corrected chi connectivity index (χ3v) is 9.30. The van der Waals surface area contributed by atoms with Gasteiger partial charge in [-0.25, -0.2) is 8.42 Å². The van der Waals surface area contributed by atoms with Crippen LogP contribution in [0.3, 0.4) is 0 Å². The van der Waals surface area contributed by atoms with Crippen LogP contribution >= 0.6 is 11.6 Å². The molecule has 156 valence electrons. The lowest BCUT2D eigenvalue weighted by molar-refractivity contribution is -0.0625. The lowest BCUT2D eigenvalue weighted by Gasteiger charge is -2.48. The Bertz CT molecular complexity index is 790. The average molecular weight is 427 g/mol. The molecule has 28 heavy (non-hydrogen) atoms. The van der Waals surface area contributed by atoms with Crippen molar-refractivity contribution in [2.45, 2.75) is 61.9 Å². The first-order chi connectivity index (χ1) is 13.3. The van der Waals surface area contributed by atoms with E-state index < -0.39 is 15.6 Å². The molecule has 1 aromatic rings. The molecule has 1 aromatic carbocycles. The predicted octanol–water partition coefficient (Wildman–Crippen LogP) is 3.51. The fourth-order valence-electron chi connectivity index (χ4n) is 5.24. The summed E-state index contributed by atoms with van der Waals surface area (Å²) in [6, 6.07) is 6.52. The van der Waals surface area contributed by atoms with E-state index in [1.807, 2.05) is 0 Å². The minimum Gasteiger partial charge on any atom is -0.389 e. The number of halogens is 1. The highest BCUT2D eigenvalue weighted by atomic mass is 35.5. The standard InChI is InChI=1S/C21H31ClN2O3S/c22-18-4-3-5-19(16-18)28(26,27)24-14-10-20(11-15-24)6-8-21(25,9-7-20)17-23-12-1-2-13-23/h3-5,16,25H,1-2,6-15,17H2. The number of hydrogen-bond acceptors (Lipinski definition) is 4. The van der Waals surface area contributed by atoms with Gasteiger partial charge in [-0.05, 0) is 88.1 Å². The van der Waals surface area contributed by atoms with Crippen LogP contribution in [0.2, 0.25) is 5.02 Å². The van der Waals surface area contributed by atoms with Gasteiger partial charge in [-0.3, -0.25) is 0 Å². The van der Waals surface area contributed by atoms with E-state index in [4.69, 9.17) is 11.6 Å². The molecule has 0 aromatic heterocycles. The third-order valence-electron chi connectivity index (χ3n) is 7.17. The number of β-amino-alcohol motifs (C(OH)–C–C–N with tert-alkyl or cyclic N) is 1. The van der Waals surface area contributed by atoms with E-state index in [2.05, 4.69) is 4.90 Å². The Morgan fingerprint density at radius 1 is 0.964 bits per heavy atom. The molecule has 0 amide bonds. The summed E-state index contributed by atoms with van der Waals surface area (Å²) in [6.45, 7) is 4.14. The van der Waals surface area contributed by atoms with Crippen molar-refractivity contribution in [3.8, 4) is 0 Å². The number of piperidine rings is 1. The zero-order valence-electron chi connectivity index (χ0n) is 16.4. The maximum Gasteiger partial charge on any atom is 0.243 e. The van der Waals surface area contributed by atoms with Crippen molar-refractivity contribution < 1.29 is 13.5 Å². The first kappa shape index (κ1) is 20.6. The number of likely N-dealkylation sites (tertiary alicyclic amines) is 1. The van der Waals surface area contributed by atoms with Crippen molar-refractivity contribution in [1.29, 1.82) is 0 Å². The molecule has 7 heteroatoms. The molecule has 2 heterocycles. The van der Waals surface area contributed by atoms with E-state index in [0.717, 1.165) is 58.2 Å². The van der Waals surface area contributed by atoms with Crippen LogP contribution in [0, 0.1) is 5.41 Å². The van der Waals surface area contributed by atoms with Crippen LogP contribution in [0.5, 0.6) is 0 Å². The van der Waals surface area contributed by atoms with Gasteiger partial charge in [0.1, 0.15) is 0 Å². The molecule has 3 fully saturated rings. The number of rotatable bonds is 4. The Morgan fingerprint density at radius 2 is 1.61 bits per heavy atom. The van der Waals surface area contributed by atoms with Crippen LogP contribution in [-0.2, 0) is 10.0 Å². The van der Waals surface area contributed by atoms with Crippen molar-refractivity contribution in [3.63, 3.8) is 0 Å². The smallest absolute Gasteiger partial charge is 0.243 e. The second-order valence-corrected chi connectivity index (χ2v) is 11.4. The SMILES string of the molecule is O=S(=O)(c1cccc(Cl)c1)N1CCC2(CC1)CCC(O)(CN1CCCC1)CC2. The summed E-state index contributed by atoms with van der Waals surface area (Å²) in [5.74, 6) is 0. The summed E-state index contributed by atoms with van der Waals surface area (Å²) in [5.41, 5.74) is -0.364. The molecule has 3 aliphatic rings. The molecule has 1 spiro atoms. The Kier molecular flexibility index (Phi) is 5.80. The molecule has 0 bridgehead atoms. The van der Waals surface area contributed by atoms with E-state index in [1.165, 1.54) is 18.9 Å². The van der Waals surface area contributed by atoms with E-state index >= 15 is 0 Å². The first-order valence-corrected chi connectivity index (χ1v) is 12.3. The molecule has 5 nitrogen and oxygen atoms in total. The van der Waals surface area contributed by atoms with Gasteiger partial charge in [0, 0.05) is 24.7 Å². The molecule has 1 aliphatic carbocycles. The maximum atomic E-state index is 12.9. The summed E-state index contributed by atoms with van der Waals surface area (Å²) in [5, 5.41) is 11.5. The third kappa shape index (κ3) is 4.26. The highest BCUT2D eigenvalue weighted by molar-refractivity contribution is 7.89. The van der Waals surface area contributed by atoms with Crippen LogP contribution in [-0.4, -0.2) is 61.1 Å².